The van der Waals surface area contributed by atoms with Crippen LogP contribution in [-0.4, -0.2) is 69.7 Å². The van der Waals surface area contributed by atoms with E-state index in [4.69, 9.17) is 4.74 Å². The highest BCUT2D eigenvalue weighted by molar-refractivity contribution is 5.79. The van der Waals surface area contributed by atoms with Gasteiger partial charge in [-0.2, -0.15) is 5.10 Å². The molecule has 1 aromatic heterocycles. The second-order valence-corrected chi connectivity index (χ2v) is 8.70. The van der Waals surface area contributed by atoms with Gasteiger partial charge in [-0.15, -0.1) is 0 Å². The maximum atomic E-state index is 12.4. The number of ether oxygens (including phenoxy) is 1. The van der Waals surface area contributed by atoms with Gasteiger partial charge in [0.2, 0.25) is 0 Å². The second-order valence-electron chi connectivity index (χ2n) is 8.70. The highest BCUT2D eigenvalue weighted by Gasteiger charge is 2.34. The normalized spacial score (nSPS) is 16.9. The monoisotopic (exact) mass is 408 g/mol. The second kappa shape index (κ2) is 9.47. The molecule has 1 aliphatic carbocycles. The first-order chi connectivity index (χ1) is 13.5. The molecule has 0 aromatic carbocycles. The molecular formula is C20H36N6O3. The summed E-state index contributed by atoms with van der Waals surface area (Å²) in [5, 5.41) is 21.2. The molecule has 0 radical (unpaired) electrons. The van der Waals surface area contributed by atoms with Crippen LogP contribution >= 0.6 is 0 Å². The number of nitrogens with one attached hydrogen (secondary N) is 2. The van der Waals surface area contributed by atoms with Crippen molar-refractivity contribution in [1.82, 2.24) is 25.3 Å². The van der Waals surface area contributed by atoms with E-state index in [1.807, 2.05) is 34.7 Å². The van der Waals surface area contributed by atoms with Crippen LogP contribution in [0, 0.1) is 0 Å². The Kier molecular flexibility index (Phi) is 7.51. The summed E-state index contributed by atoms with van der Waals surface area (Å²) in [4.78, 5) is 18.7. The lowest BCUT2D eigenvalue weighted by molar-refractivity contribution is 0.0238. The number of aryl methyl sites for hydroxylation is 1. The summed E-state index contributed by atoms with van der Waals surface area (Å²) >= 11 is 0. The number of amides is 1. The van der Waals surface area contributed by atoms with Gasteiger partial charge in [0.1, 0.15) is 11.2 Å². The molecule has 1 atom stereocenters. The van der Waals surface area contributed by atoms with Gasteiger partial charge in [-0.05, 0) is 47.5 Å². The van der Waals surface area contributed by atoms with Crippen LogP contribution in [0.3, 0.4) is 0 Å². The lowest BCUT2D eigenvalue weighted by atomic mass is 10.0. The molecule has 9 heteroatoms. The van der Waals surface area contributed by atoms with Crippen LogP contribution in [0.2, 0.25) is 0 Å². The number of rotatable bonds is 8. The van der Waals surface area contributed by atoms with E-state index in [1.54, 1.807) is 28.9 Å². The molecule has 29 heavy (non-hydrogen) atoms. The Hall–Kier alpha value is -2.29. The zero-order valence-electron chi connectivity index (χ0n) is 18.5. The van der Waals surface area contributed by atoms with E-state index in [2.05, 4.69) is 20.7 Å². The van der Waals surface area contributed by atoms with Crippen molar-refractivity contribution in [2.75, 3.05) is 26.2 Å². The Labute approximate surface area is 173 Å². The van der Waals surface area contributed by atoms with Crippen LogP contribution in [0.1, 0.15) is 53.0 Å². The van der Waals surface area contributed by atoms with Crippen molar-refractivity contribution in [3.8, 4) is 0 Å². The Morgan fingerprint density at radius 2 is 2.07 bits per heavy atom. The minimum Gasteiger partial charge on any atom is -0.444 e. The molecule has 3 N–H and O–H groups in total. The van der Waals surface area contributed by atoms with Gasteiger partial charge < -0.3 is 25.4 Å². The highest BCUT2D eigenvalue weighted by Crippen LogP contribution is 2.28. The van der Waals surface area contributed by atoms with Gasteiger partial charge in [-0.25, -0.2) is 9.79 Å². The smallest absolute Gasteiger partial charge is 0.410 e. The Morgan fingerprint density at radius 1 is 1.38 bits per heavy atom. The van der Waals surface area contributed by atoms with Gasteiger partial charge in [-0.3, -0.25) is 4.68 Å². The molecule has 1 heterocycles. The fourth-order valence-corrected chi connectivity index (χ4v) is 2.79. The van der Waals surface area contributed by atoms with Gasteiger partial charge in [0, 0.05) is 44.5 Å². The number of carbonyl (C=O) groups excluding carboxylic acids is 1. The average molecular weight is 409 g/mol. The molecule has 1 aliphatic rings. The fourth-order valence-electron chi connectivity index (χ4n) is 2.79. The zero-order valence-corrected chi connectivity index (χ0v) is 18.5. The molecule has 1 saturated carbocycles. The molecule has 9 nitrogen and oxygen atoms in total. The molecule has 0 bridgehead atoms. The Morgan fingerprint density at radius 3 is 2.59 bits per heavy atom. The van der Waals surface area contributed by atoms with Gasteiger partial charge in [0.15, 0.2) is 5.96 Å². The van der Waals surface area contributed by atoms with Crippen molar-refractivity contribution in [3.63, 3.8) is 0 Å². The SMILES string of the molecule is CCNC(=NCC(C)(O)c1cnn(C)c1)NCCN(C(=O)OC(C)(C)C)C1CC1. The quantitative estimate of drug-likeness (QED) is 0.446. The maximum absolute atomic E-state index is 12.4. The molecule has 1 amide bonds. The largest absolute Gasteiger partial charge is 0.444 e. The summed E-state index contributed by atoms with van der Waals surface area (Å²) in [5.41, 5.74) is -0.913. The number of aliphatic imine (C=N–C) groups is 1. The third-order valence-corrected chi connectivity index (χ3v) is 4.48. The van der Waals surface area contributed by atoms with Crippen LogP contribution in [0.4, 0.5) is 4.79 Å². The summed E-state index contributed by atoms with van der Waals surface area (Å²) in [6.07, 6.45) is 5.18. The van der Waals surface area contributed by atoms with Gasteiger partial charge in [0.25, 0.3) is 0 Å². The van der Waals surface area contributed by atoms with E-state index in [-0.39, 0.29) is 18.7 Å². The molecular weight excluding hydrogens is 372 g/mol. The third-order valence-electron chi connectivity index (χ3n) is 4.48. The zero-order chi connectivity index (χ0) is 21.7. The van der Waals surface area contributed by atoms with E-state index in [0.717, 1.165) is 12.8 Å². The average Bonchev–Trinajstić information content (AvgIpc) is 3.34. The van der Waals surface area contributed by atoms with Gasteiger partial charge in [0.05, 0.1) is 12.7 Å². The van der Waals surface area contributed by atoms with E-state index in [1.165, 1.54) is 0 Å². The van der Waals surface area contributed by atoms with Crippen LogP contribution in [0.25, 0.3) is 0 Å². The number of hydrogen-bond acceptors (Lipinski definition) is 5. The fraction of sp³-hybridized carbons (Fsp3) is 0.750. The van der Waals surface area contributed by atoms with Gasteiger partial charge >= 0.3 is 6.09 Å². The van der Waals surface area contributed by atoms with Crippen molar-refractivity contribution < 1.29 is 14.6 Å². The predicted molar refractivity (Wildman–Crippen MR) is 113 cm³/mol. The lowest BCUT2D eigenvalue weighted by Gasteiger charge is -2.27. The Bertz CT molecular complexity index is 703. The van der Waals surface area contributed by atoms with Crippen LogP contribution in [-0.2, 0) is 17.4 Å². The number of aliphatic hydroxyl groups is 1. The summed E-state index contributed by atoms with van der Waals surface area (Å²) in [6.45, 7) is 11.3. The number of carbonyl (C=O) groups is 1. The minimum absolute atomic E-state index is 0.187. The van der Waals surface area contributed by atoms with Gasteiger partial charge in [-0.1, -0.05) is 0 Å². The number of aromatic nitrogens is 2. The van der Waals surface area contributed by atoms with E-state index in [9.17, 15) is 9.90 Å². The molecule has 1 aromatic rings. The molecule has 164 valence electrons. The molecule has 1 fully saturated rings. The molecule has 0 spiro atoms. The lowest BCUT2D eigenvalue weighted by Crippen LogP contribution is -2.45. The number of hydrogen-bond donors (Lipinski definition) is 3. The predicted octanol–water partition coefficient (Wildman–Crippen LogP) is 1.58. The van der Waals surface area contributed by atoms with Crippen LogP contribution in [0.15, 0.2) is 17.4 Å². The summed E-state index contributed by atoms with van der Waals surface area (Å²) in [7, 11) is 1.81. The van der Waals surface area contributed by atoms with Crippen LogP contribution in [0.5, 0.6) is 0 Å². The van der Waals surface area contributed by atoms with Crippen molar-refractivity contribution in [2.24, 2.45) is 12.0 Å². The van der Waals surface area contributed by atoms with E-state index < -0.39 is 11.2 Å². The molecule has 2 rings (SSSR count). The van der Waals surface area contributed by atoms with Crippen LogP contribution < -0.4 is 10.6 Å². The first kappa shape index (κ1) is 23.0. The standard InChI is InChI=1S/C20H36N6O3/c1-7-21-17(23-14-20(5,28)15-12-24-25(6)13-15)22-10-11-26(16-8-9-16)18(27)29-19(2,3)4/h12-13,16,28H,7-11,14H2,1-6H3,(H2,21,22,23). The summed E-state index contributed by atoms with van der Waals surface area (Å²) < 4.78 is 7.17. The number of guanidine groups is 1. The van der Waals surface area contributed by atoms with E-state index in [0.29, 0.717) is 31.2 Å². The van der Waals surface area contributed by atoms with Crippen molar-refractivity contribution >= 4 is 12.1 Å². The topological polar surface area (TPSA) is 104 Å². The molecule has 0 saturated heterocycles. The van der Waals surface area contributed by atoms with E-state index >= 15 is 0 Å². The molecule has 0 aliphatic heterocycles. The molecule has 1 unspecified atom stereocenters. The van der Waals surface area contributed by atoms with Crippen molar-refractivity contribution in [1.29, 1.82) is 0 Å². The third kappa shape index (κ3) is 7.56. The highest BCUT2D eigenvalue weighted by atomic mass is 16.6. The minimum atomic E-state index is -1.12. The summed E-state index contributed by atoms with van der Waals surface area (Å²) in [5.74, 6) is 0.594. The maximum Gasteiger partial charge on any atom is 0.410 e. The first-order valence-corrected chi connectivity index (χ1v) is 10.2. The Balaban J connectivity index is 1.92. The first-order valence-electron chi connectivity index (χ1n) is 10.2. The van der Waals surface area contributed by atoms with Crippen molar-refractivity contribution in [2.45, 2.75) is 64.7 Å². The summed E-state index contributed by atoms with van der Waals surface area (Å²) in [6, 6.07) is 0.262. The van der Waals surface area contributed by atoms with Crippen molar-refractivity contribution in [3.05, 3.63) is 18.0 Å². The number of nitrogens with zero attached hydrogens (tertiary/aromatic N) is 4.